The standard InChI is InChI=1S/C11H18N2O5/c1-16-6-3-4-13(5-7-17-2)11-12-9(8-18-11)10(14)15/h8H,3-7H2,1-2H3,(H,14,15). The van der Waals surface area contributed by atoms with Gasteiger partial charge in [0.25, 0.3) is 6.01 Å². The molecule has 7 heteroatoms. The Bertz CT molecular complexity index is 366. The fourth-order valence-corrected chi connectivity index (χ4v) is 1.41. The smallest absolute Gasteiger partial charge is 0.357 e. The summed E-state index contributed by atoms with van der Waals surface area (Å²) in [6, 6.07) is 0.292. The van der Waals surface area contributed by atoms with Crippen LogP contribution in [0.15, 0.2) is 10.7 Å². The van der Waals surface area contributed by atoms with Gasteiger partial charge in [-0.25, -0.2) is 4.79 Å². The number of rotatable bonds is 9. The van der Waals surface area contributed by atoms with E-state index >= 15 is 0 Å². The second kappa shape index (κ2) is 7.67. The number of anilines is 1. The largest absolute Gasteiger partial charge is 0.476 e. The van der Waals surface area contributed by atoms with Crippen molar-refractivity contribution >= 4 is 12.0 Å². The average Bonchev–Trinajstić information content (AvgIpc) is 2.83. The molecule has 1 rings (SSSR count). The summed E-state index contributed by atoms with van der Waals surface area (Å²) in [6.07, 6.45) is 1.93. The molecule has 0 unspecified atom stereocenters. The first-order chi connectivity index (χ1) is 8.69. The molecule has 0 aliphatic heterocycles. The summed E-state index contributed by atoms with van der Waals surface area (Å²) in [5, 5.41) is 8.78. The quantitative estimate of drug-likeness (QED) is 0.657. The molecule has 1 aromatic heterocycles. The van der Waals surface area contributed by atoms with Crippen LogP contribution < -0.4 is 4.90 Å². The first kappa shape index (κ1) is 14.5. The molecule has 0 saturated heterocycles. The number of hydrogen-bond acceptors (Lipinski definition) is 6. The normalized spacial score (nSPS) is 10.6. The molecule has 102 valence electrons. The van der Waals surface area contributed by atoms with Crippen molar-refractivity contribution in [2.24, 2.45) is 0 Å². The molecule has 0 radical (unpaired) electrons. The van der Waals surface area contributed by atoms with Crippen LogP contribution in [0.3, 0.4) is 0 Å². The molecule has 0 aliphatic carbocycles. The molecule has 0 spiro atoms. The predicted molar refractivity (Wildman–Crippen MR) is 64.0 cm³/mol. The van der Waals surface area contributed by atoms with E-state index in [1.807, 2.05) is 4.90 Å². The number of carboxylic acids is 1. The van der Waals surface area contributed by atoms with Crippen LogP contribution in [-0.4, -0.2) is 56.6 Å². The molecule has 0 aromatic carbocycles. The maximum Gasteiger partial charge on any atom is 0.357 e. The molecule has 7 nitrogen and oxygen atoms in total. The number of carboxylic acid groups (broad SMARTS) is 1. The summed E-state index contributed by atoms with van der Waals surface area (Å²) < 4.78 is 15.1. The minimum absolute atomic E-state index is 0.0980. The summed E-state index contributed by atoms with van der Waals surface area (Å²) >= 11 is 0. The lowest BCUT2D eigenvalue weighted by atomic mass is 10.4. The fraction of sp³-hybridized carbons (Fsp3) is 0.636. The Balaban J connectivity index is 2.63. The van der Waals surface area contributed by atoms with Crippen molar-refractivity contribution in [3.05, 3.63) is 12.0 Å². The Kier molecular flexibility index (Phi) is 6.16. The SMILES string of the molecule is COCCCN(CCOC)c1nc(C(=O)O)co1. The average molecular weight is 258 g/mol. The zero-order chi connectivity index (χ0) is 13.4. The van der Waals surface area contributed by atoms with Crippen LogP contribution in [-0.2, 0) is 9.47 Å². The maximum atomic E-state index is 10.7. The topological polar surface area (TPSA) is 85.0 Å². The second-order valence-corrected chi connectivity index (χ2v) is 3.65. The molecular formula is C11H18N2O5. The number of aromatic carboxylic acids is 1. The lowest BCUT2D eigenvalue weighted by molar-refractivity contribution is 0.0690. The summed E-state index contributed by atoms with van der Waals surface area (Å²) in [5.74, 6) is -1.10. The van der Waals surface area contributed by atoms with E-state index in [1.165, 1.54) is 0 Å². The zero-order valence-corrected chi connectivity index (χ0v) is 10.6. The molecule has 1 heterocycles. The van der Waals surface area contributed by atoms with Gasteiger partial charge in [-0.3, -0.25) is 0 Å². The maximum absolute atomic E-state index is 10.7. The van der Waals surface area contributed by atoms with Gasteiger partial charge < -0.3 is 23.9 Å². The van der Waals surface area contributed by atoms with E-state index < -0.39 is 5.97 Å². The highest BCUT2D eigenvalue weighted by Gasteiger charge is 2.15. The van der Waals surface area contributed by atoms with Gasteiger partial charge in [0.15, 0.2) is 5.69 Å². The van der Waals surface area contributed by atoms with Crippen molar-refractivity contribution in [1.82, 2.24) is 4.98 Å². The molecular weight excluding hydrogens is 240 g/mol. The molecule has 0 saturated carbocycles. The van der Waals surface area contributed by atoms with Crippen LogP contribution in [0.1, 0.15) is 16.9 Å². The summed E-state index contributed by atoms with van der Waals surface area (Å²) in [4.78, 5) is 16.5. The van der Waals surface area contributed by atoms with Gasteiger partial charge in [-0.2, -0.15) is 4.98 Å². The van der Waals surface area contributed by atoms with Crippen LogP contribution in [0.2, 0.25) is 0 Å². The molecule has 0 aliphatic rings. The van der Waals surface area contributed by atoms with Gasteiger partial charge in [0.2, 0.25) is 0 Å². The number of carbonyl (C=O) groups is 1. The van der Waals surface area contributed by atoms with Crippen molar-refractivity contribution in [2.75, 3.05) is 45.4 Å². The molecule has 0 bridgehead atoms. The first-order valence-corrected chi connectivity index (χ1v) is 5.60. The minimum atomic E-state index is -1.10. The van der Waals surface area contributed by atoms with E-state index in [9.17, 15) is 4.79 Å². The lowest BCUT2D eigenvalue weighted by Gasteiger charge is -2.19. The van der Waals surface area contributed by atoms with Crippen molar-refractivity contribution in [3.63, 3.8) is 0 Å². The lowest BCUT2D eigenvalue weighted by Crippen LogP contribution is -2.29. The minimum Gasteiger partial charge on any atom is -0.476 e. The van der Waals surface area contributed by atoms with Gasteiger partial charge in [-0.1, -0.05) is 0 Å². The fourth-order valence-electron chi connectivity index (χ4n) is 1.41. The highest BCUT2D eigenvalue weighted by Crippen LogP contribution is 2.14. The summed E-state index contributed by atoms with van der Waals surface area (Å²) in [6.45, 7) is 2.38. The number of methoxy groups -OCH3 is 2. The van der Waals surface area contributed by atoms with Gasteiger partial charge in [0.1, 0.15) is 6.26 Å². The molecule has 0 fully saturated rings. The van der Waals surface area contributed by atoms with E-state index in [0.717, 1.165) is 12.7 Å². The van der Waals surface area contributed by atoms with Gasteiger partial charge in [0, 0.05) is 33.9 Å². The third-order valence-electron chi connectivity index (χ3n) is 2.32. The Morgan fingerprint density at radius 3 is 2.67 bits per heavy atom. The van der Waals surface area contributed by atoms with Crippen LogP contribution in [0.4, 0.5) is 6.01 Å². The Morgan fingerprint density at radius 1 is 1.39 bits per heavy atom. The molecule has 0 amide bonds. The van der Waals surface area contributed by atoms with Crippen molar-refractivity contribution < 1.29 is 23.8 Å². The molecule has 0 atom stereocenters. The van der Waals surface area contributed by atoms with Gasteiger partial charge in [0.05, 0.1) is 6.61 Å². The number of hydrogen-bond donors (Lipinski definition) is 1. The predicted octanol–water partition coefficient (Wildman–Crippen LogP) is 0.862. The van der Waals surface area contributed by atoms with Crippen molar-refractivity contribution in [1.29, 1.82) is 0 Å². The van der Waals surface area contributed by atoms with Gasteiger partial charge >= 0.3 is 5.97 Å². The van der Waals surface area contributed by atoms with Crippen LogP contribution in [0, 0.1) is 0 Å². The number of ether oxygens (including phenoxy) is 2. The highest BCUT2D eigenvalue weighted by molar-refractivity contribution is 5.85. The summed E-state index contributed by atoms with van der Waals surface area (Å²) in [5.41, 5.74) is -0.0980. The highest BCUT2D eigenvalue weighted by atomic mass is 16.5. The number of aromatic nitrogens is 1. The van der Waals surface area contributed by atoms with Crippen LogP contribution >= 0.6 is 0 Å². The van der Waals surface area contributed by atoms with Crippen LogP contribution in [0.5, 0.6) is 0 Å². The number of oxazole rings is 1. The van der Waals surface area contributed by atoms with E-state index in [2.05, 4.69) is 4.98 Å². The first-order valence-electron chi connectivity index (χ1n) is 5.60. The third-order valence-corrected chi connectivity index (χ3v) is 2.32. The second-order valence-electron chi connectivity index (χ2n) is 3.65. The molecule has 1 N–H and O–H groups in total. The van der Waals surface area contributed by atoms with Crippen molar-refractivity contribution in [2.45, 2.75) is 6.42 Å². The van der Waals surface area contributed by atoms with Crippen LogP contribution in [0.25, 0.3) is 0 Å². The van der Waals surface area contributed by atoms with E-state index in [-0.39, 0.29) is 5.69 Å². The molecule has 18 heavy (non-hydrogen) atoms. The monoisotopic (exact) mass is 258 g/mol. The van der Waals surface area contributed by atoms with Gasteiger partial charge in [-0.15, -0.1) is 0 Å². The number of nitrogens with zero attached hydrogens (tertiary/aromatic N) is 2. The Hall–Kier alpha value is -1.60. The van der Waals surface area contributed by atoms with Gasteiger partial charge in [-0.05, 0) is 6.42 Å². The van der Waals surface area contributed by atoms with Crippen molar-refractivity contribution in [3.8, 4) is 0 Å². The Labute approximate surface area is 105 Å². The van der Waals surface area contributed by atoms with E-state index in [0.29, 0.717) is 32.3 Å². The zero-order valence-electron chi connectivity index (χ0n) is 10.6. The Morgan fingerprint density at radius 2 is 2.11 bits per heavy atom. The van der Waals surface area contributed by atoms with E-state index in [4.69, 9.17) is 19.0 Å². The summed E-state index contributed by atoms with van der Waals surface area (Å²) in [7, 11) is 3.23. The molecule has 1 aromatic rings. The third kappa shape index (κ3) is 4.34. The van der Waals surface area contributed by atoms with E-state index in [1.54, 1.807) is 14.2 Å².